The van der Waals surface area contributed by atoms with Crippen molar-refractivity contribution in [1.29, 1.82) is 0 Å². The van der Waals surface area contributed by atoms with Gasteiger partial charge in [0.2, 0.25) is 0 Å². The fraction of sp³-hybridized carbons (Fsp3) is 0.250. The molecule has 0 bridgehead atoms. The highest BCUT2D eigenvalue weighted by Gasteiger charge is 2.06. The average molecular weight is 277 g/mol. The lowest BCUT2D eigenvalue weighted by atomic mass is 10.1. The number of ether oxygens (including phenoxy) is 2. The summed E-state index contributed by atoms with van der Waals surface area (Å²) in [4.78, 5) is 0. The minimum Gasteiger partial charge on any atom is -0.493 e. The fourth-order valence-corrected chi connectivity index (χ4v) is 2.01. The van der Waals surface area contributed by atoms with Crippen LogP contribution < -0.4 is 9.47 Å². The van der Waals surface area contributed by atoms with E-state index >= 15 is 0 Å². The van der Waals surface area contributed by atoms with Crippen LogP contribution in [0.25, 0.3) is 0 Å². The van der Waals surface area contributed by atoms with Gasteiger partial charge in [0.1, 0.15) is 6.61 Å². The first-order valence-electron chi connectivity index (χ1n) is 6.14. The first-order chi connectivity index (χ1) is 9.24. The molecular formula is C16H17ClO2. The van der Waals surface area contributed by atoms with Crippen LogP contribution in [0.15, 0.2) is 42.5 Å². The van der Waals surface area contributed by atoms with E-state index in [0.717, 1.165) is 17.1 Å². The van der Waals surface area contributed by atoms with Crippen LogP contribution in [0.3, 0.4) is 0 Å². The molecule has 0 spiro atoms. The molecule has 0 aromatic heterocycles. The van der Waals surface area contributed by atoms with E-state index in [9.17, 15) is 0 Å². The smallest absolute Gasteiger partial charge is 0.161 e. The van der Waals surface area contributed by atoms with E-state index in [0.29, 0.717) is 12.5 Å². The van der Waals surface area contributed by atoms with Gasteiger partial charge in [0.25, 0.3) is 0 Å². The Labute approximate surface area is 118 Å². The van der Waals surface area contributed by atoms with Crippen molar-refractivity contribution in [2.45, 2.75) is 19.4 Å². The van der Waals surface area contributed by atoms with Gasteiger partial charge >= 0.3 is 0 Å². The van der Waals surface area contributed by atoms with Gasteiger partial charge in [0.15, 0.2) is 11.5 Å². The zero-order chi connectivity index (χ0) is 13.7. The van der Waals surface area contributed by atoms with Crippen molar-refractivity contribution in [3.8, 4) is 11.5 Å². The van der Waals surface area contributed by atoms with Crippen LogP contribution in [0.5, 0.6) is 11.5 Å². The van der Waals surface area contributed by atoms with E-state index in [1.165, 1.54) is 11.1 Å². The van der Waals surface area contributed by atoms with Crippen LogP contribution in [0, 0.1) is 6.92 Å². The van der Waals surface area contributed by atoms with E-state index < -0.39 is 0 Å². The maximum atomic E-state index is 5.85. The van der Waals surface area contributed by atoms with Crippen molar-refractivity contribution >= 4 is 11.6 Å². The maximum Gasteiger partial charge on any atom is 0.161 e. The highest BCUT2D eigenvalue weighted by Crippen LogP contribution is 2.29. The Hall–Kier alpha value is -1.67. The number of alkyl halides is 1. The molecule has 0 saturated carbocycles. The molecule has 0 atom stereocenters. The van der Waals surface area contributed by atoms with Crippen LogP contribution >= 0.6 is 11.6 Å². The summed E-state index contributed by atoms with van der Waals surface area (Å²) in [5.74, 6) is 1.91. The molecule has 0 aliphatic heterocycles. The molecule has 0 aliphatic rings. The van der Waals surface area contributed by atoms with E-state index in [2.05, 4.69) is 19.1 Å². The Bertz CT molecular complexity index is 552. The Kier molecular flexibility index (Phi) is 4.69. The highest BCUT2D eigenvalue weighted by molar-refractivity contribution is 6.17. The molecule has 0 aliphatic carbocycles. The van der Waals surface area contributed by atoms with Gasteiger partial charge < -0.3 is 9.47 Å². The second-order valence-electron chi connectivity index (χ2n) is 4.33. The van der Waals surface area contributed by atoms with Crippen molar-refractivity contribution in [3.05, 3.63) is 59.2 Å². The van der Waals surface area contributed by atoms with E-state index in [1.54, 1.807) is 7.11 Å². The van der Waals surface area contributed by atoms with Gasteiger partial charge in [-0.1, -0.05) is 30.3 Å². The molecule has 100 valence electrons. The number of benzene rings is 2. The second-order valence-corrected chi connectivity index (χ2v) is 4.60. The normalized spacial score (nSPS) is 10.3. The van der Waals surface area contributed by atoms with Crippen LogP contribution in [-0.2, 0) is 12.5 Å². The molecule has 0 N–H and O–H groups in total. The van der Waals surface area contributed by atoms with Crippen LogP contribution in [0.4, 0.5) is 0 Å². The summed E-state index contributed by atoms with van der Waals surface area (Å²) in [6, 6.07) is 13.9. The molecule has 2 nitrogen and oxygen atoms in total. The van der Waals surface area contributed by atoms with E-state index in [4.69, 9.17) is 21.1 Å². The zero-order valence-electron chi connectivity index (χ0n) is 11.2. The summed E-state index contributed by atoms with van der Waals surface area (Å²) < 4.78 is 11.1. The third-order valence-corrected chi connectivity index (χ3v) is 3.34. The summed E-state index contributed by atoms with van der Waals surface area (Å²) in [6.45, 7) is 2.60. The van der Waals surface area contributed by atoms with Crippen molar-refractivity contribution in [2.75, 3.05) is 7.11 Å². The molecule has 0 radical (unpaired) electrons. The molecule has 0 amide bonds. The SMILES string of the molecule is COc1ccc(CCl)cc1OCc1ccccc1C. The summed E-state index contributed by atoms with van der Waals surface area (Å²) in [7, 11) is 1.64. The largest absolute Gasteiger partial charge is 0.493 e. The molecular weight excluding hydrogens is 260 g/mol. The molecule has 19 heavy (non-hydrogen) atoms. The molecule has 2 aromatic rings. The summed E-state index contributed by atoms with van der Waals surface area (Å²) >= 11 is 5.84. The maximum absolute atomic E-state index is 5.85. The monoisotopic (exact) mass is 276 g/mol. The number of aryl methyl sites for hydroxylation is 1. The lowest BCUT2D eigenvalue weighted by molar-refractivity contribution is 0.283. The number of hydrogen-bond donors (Lipinski definition) is 0. The molecule has 3 heteroatoms. The topological polar surface area (TPSA) is 18.5 Å². The second kappa shape index (κ2) is 6.48. The Morgan fingerprint density at radius 1 is 1.05 bits per heavy atom. The lowest BCUT2D eigenvalue weighted by Gasteiger charge is -2.13. The number of hydrogen-bond acceptors (Lipinski definition) is 2. The van der Waals surface area contributed by atoms with Crippen LogP contribution in [-0.4, -0.2) is 7.11 Å². The van der Waals surface area contributed by atoms with Crippen LogP contribution in [0.2, 0.25) is 0 Å². The molecule has 2 rings (SSSR count). The van der Waals surface area contributed by atoms with Gasteiger partial charge in [-0.15, -0.1) is 11.6 Å². The minimum absolute atomic E-state index is 0.463. The Morgan fingerprint density at radius 3 is 2.53 bits per heavy atom. The fourth-order valence-electron chi connectivity index (χ4n) is 1.84. The first-order valence-corrected chi connectivity index (χ1v) is 6.68. The zero-order valence-corrected chi connectivity index (χ0v) is 11.9. The predicted octanol–water partition coefficient (Wildman–Crippen LogP) is 4.32. The first kappa shape index (κ1) is 13.8. The summed E-state index contributed by atoms with van der Waals surface area (Å²) in [5.41, 5.74) is 3.40. The molecule has 0 heterocycles. The van der Waals surface area contributed by atoms with Gasteiger partial charge in [-0.05, 0) is 35.7 Å². The van der Waals surface area contributed by atoms with Gasteiger partial charge in [0.05, 0.1) is 7.11 Å². The van der Waals surface area contributed by atoms with Gasteiger partial charge in [-0.3, -0.25) is 0 Å². The molecule has 0 fully saturated rings. The third-order valence-electron chi connectivity index (χ3n) is 3.03. The Morgan fingerprint density at radius 2 is 1.84 bits per heavy atom. The molecule has 0 unspecified atom stereocenters. The third kappa shape index (κ3) is 3.42. The summed E-state index contributed by atoms with van der Waals surface area (Å²) in [6.07, 6.45) is 0. The average Bonchev–Trinajstić information content (AvgIpc) is 2.46. The quantitative estimate of drug-likeness (QED) is 0.757. The standard InChI is InChI=1S/C16H17ClO2/c1-12-5-3-4-6-14(12)11-19-16-9-13(10-17)7-8-15(16)18-2/h3-9H,10-11H2,1-2H3. The number of methoxy groups -OCH3 is 1. The van der Waals surface area contributed by atoms with E-state index in [1.807, 2.05) is 30.3 Å². The van der Waals surface area contributed by atoms with Crippen molar-refractivity contribution in [3.63, 3.8) is 0 Å². The van der Waals surface area contributed by atoms with Crippen LogP contribution in [0.1, 0.15) is 16.7 Å². The van der Waals surface area contributed by atoms with E-state index in [-0.39, 0.29) is 0 Å². The highest BCUT2D eigenvalue weighted by atomic mass is 35.5. The van der Waals surface area contributed by atoms with Gasteiger partial charge in [-0.2, -0.15) is 0 Å². The van der Waals surface area contributed by atoms with Crippen molar-refractivity contribution in [2.24, 2.45) is 0 Å². The Balaban J connectivity index is 2.16. The predicted molar refractivity (Wildman–Crippen MR) is 78.1 cm³/mol. The molecule has 0 saturated heterocycles. The van der Waals surface area contributed by atoms with Gasteiger partial charge in [-0.25, -0.2) is 0 Å². The van der Waals surface area contributed by atoms with Crippen molar-refractivity contribution < 1.29 is 9.47 Å². The number of halogens is 1. The lowest BCUT2D eigenvalue weighted by Crippen LogP contribution is -2.00. The number of rotatable bonds is 5. The van der Waals surface area contributed by atoms with Crippen molar-refractivity contribution in [1.82, 2.24) is 0 Å². The van der Waals surface area contributed by atoms with Gasteiger partial charge in [0, 0.05) is 5.88 Å². The minimum atomic E-state index is 0.463. The molecule has 2 aromatic carbocycles. The summed E-state index contributed by atoms with van der Waals surface area (Å²) in [5, 5.41) is 0.